The fraction of sp³-hybridized carbons (Fsp3) is 0.250. The van der Waals surface area contributed by atoms with Crippen molar-refractivity contribution >= 4 is 17.4 Å². The number of hydrogen-bond acceptors (Lipinski definition) is 3. The zero-order valence-electron chi connectivity index (χ0n) is 11.9. The van der Waals surface area contributed by atoms with Gasteiger partial charge in [0, 0.05) is 25.0 Å². The number of carbonyl (C=O) groups is 1. The van der Waals surface area contributed by atoms with E-state index in [4.69, 9.17) is 5.26 Å². The van der Waals surface area contributed by atoms with E-state index in [1.807, 2.05) is 23.6 Å². The first kappa shape index (κ1) is 15.1. The molecule has 0 saturated heterocycles. The van der Waals surface area contributed by atoms with E-state index in [-0.39, 0.29) is 6.03 Å². The third-order valence-corrected chi connectivity index (χ3v) is 3.99. The van der Waals surface area contributed by atoms with Crippen LogP contribution in [0.15, 0.2) is 41.8 Å². The number of thiophene rings is 1. The summed E-state index contributed by atoms with van der Waals surface area (Å²) in [5.41, 5.74) is 1.56. The van der Waals surface area contributed by atoms with Gasteiger partial charge >= 0.3 is 6.03 Å². The largest absolute Gasteiger partial charge is 0.338 e. The third-order valence-electron chi connectivity index (χ3n) is 3.05. The molecular formula is C16H17N3OS. The van der Waals surface area contributed by atoms with Crippen LogP contribution in [-0.2, 0) is 13.0 Å². The van der Waals surface area contributed by atoms with Gasteiger partial charge in [-0.1, -0.05) is 18.2 Å². The molecule has 0 atom stereocenters. The predicted molar refractivity (Wildman–Crippen MR) is 84.0 cm³/mol. The Morgan fingerprint density at radius 3 is 2.95 bits per heavy atom. The van der Waals surface area contributed by atoms with E-state index in [2.05, 4.69) is 17.5 Å². The standard InChI is InChI=1S/C16H17N3OS/c1-19(12-14-5-2-4-13(10-14)11-17)16(20)18-8-7-15-6-3-9-21-15/h2-6,9-10H,7-8,12H2,1H3,(H,18,20). The average Bonchev–Trinajstić information content (AvgIpc) is 3.00. The smallest absolute Gasteiger partial charge is 0.317 e. The highest BCUT2D eigenvalue weighted by Crippen LogP contribution is 2.09. The van der Waals surface area contributed by atoms with Gasteiger partial charge in [-0.05, 0) is 35.6 Å². The van der Waals surface area contributed by atoms with E-state index in [0.29, 0.717) is 18.7 Å². The minimum absolute atomic E-state index is 0.103. The first-order chi connectivity index (χ1) is 10.2. The summed E-state index contributed by atoms with van der Waals surface area (Å²) in [6.07, 6.45) is 0.848. The maximum atomic E-state index is 12.0. The molecule has 0 spiro atoms. The molecule has 0 aliphatic heterocycles. The minimum atomic E-state index is -0.103. The van der Waals surface area contributed by atoms with Crippen LogP contribution in [0.25, 0.3) is 0 Å². The summed E-state index contributed by atoms with van der Waals surface area (Å²) < 4.78 is 0. The van der Waals surface area contributed by atoms with Crippen LogP contribution in [0.4, 0.5) is 4.79 Å². The molecule has 1 N–H and O–H groups in total. The molecule has 1 aromatic heterocycles. The predicted octanol–water partition coefficient (Wildman–Crippen LogP) is 3.00. The molecule has 1 heterocycles. The molecule has 0 aliphatic rings. The van der Waals surface area contributed by atoms with E-state index in [0.717, 1.165) is 12.0 Å². The molecule has 1 aromatic carbocycles. The number of nitrogens with one attached hydrogen (secondary N) is 1. The molecule has 108 valence electrons. The minimum Gasteiger partial charge on any atom is -0.338 e. The summed E-state index contributed by atoms with van der Waals surface area (Å²) >= 11 is 1.69. The summed E-state index contributed by atoms with van der Waals surface area (Å²) in [7, 11) is 1.75. The van der Waals surface area contributed by atoms with Crippen molar-refractivity contribution in [2.24, 2.45) is 0 Å². The highest BCUT2D eigenvalue weighted by atomic mass is 32.1. The Kier molecular flexibility index (Phi) is 5.35. The Labute approximate surface area is 128 Å². The number of nitriles is 1. The van der Waals surface area contributed by atoms with Crippen LogP contribution in [0.5, 0.6) is 0 Å². The lowest BCUT2D eigenvalue weighted by atomic mass is 10.1. The van der Waals surface area contributed by atoms with Crippen molar-refractivity contribution < 1.29 is 4.79 Å². The maximum Gasteiger partial charge on any atom is 0.317 e. The van der Waals surface area contributed by atoms with Crippen molar-refractivity contribution in [2.75, 3.05) is 13.6 Å². The van der Waals surface area contributed by atoms with Crippen molar-refractivity contribution in [1.82, 2.24) is 10.2 Å². The number of benzene rings is 1. The Morgan fingerprint density at radius 1 is 1.38 bits per heavy atom. The molecule has 0 saturated carbocycles. The molecule has 2 aromatic rings. The molecule has 2 rings (SSSR count). The SMILES string of the molecule is CN(Cc1cccc(C#N)c1)C(=O)NCCc1cccs1. The summed E-state index contributed by atoms with van der Waals surface area (Å²) in [6.45, 7) is 1.11. The first-order valence-electron chi connectivity index (χ1n) is 6.69. The van der Waals surface area contributed by atoms with Gasteiger partial charge in [-0.15, -0.1) is 11.3 Å². The number of nitrogens with zero attached hydrogens (tertiary/aromatic N) is 2. The average molecular weight is 299 g/mol. The zero-order chi connectivity index (χ0) is 15.1. The highest BCUT2D eigenvalue weighted by Gasteiger charge is 2.08. The number of amides is 2. The van der Waals surface area contributed by atoms with Crippen LogP contribution in [0.1, 0.15) is 16.0 Å². The summed E-state index contributed by atoms with van der Waals surface area (Å²) in [5, 5.41) is 13.8. The number of hydrogen-bond donors (Lipinski definition) is 1. The lowest BCUT2D eigenvalue weighted by Crippen LogP contribution is -2.37. The van der Waals surface area contributed by atoms with Crippen LogP contribution < -0.4 is 5.32 Å². The van der Waals surface area contributed by atoms with E-state index in [9.17, 15) is 4.79 Å². The number of urea groups is 1. The van der Waals surface area contributed by atoms with Crippen molar-refractivity contribution in [3.63, 3.8) is 0 Å². The Balaban J connectivity index is 1.80. The lowest BCUT2D eigenvalue weighted by molar-refractivity contribution is 0.207. The molecule has 0 unspecified atom stereocenters. The molecule has 5 heteroatoms. The van der Waals surface area contributed by atoms with Crippen molar-refractivity contribution in [2.45, 2.75) is 13.0 Å². The van der Waals surface area contributed by atoms with Gasteiger partial charge in [-0.3, -0.25) is 0 Å². The zero-order valence-corrected chi connectivity index (χ0v) is 12.7. The van der Waals surface area contributed by atoms with Crippen molar-refractivity contribution in [3.05, 3.63) is 57.8 Å². The van der Waals surface area contributed by atoms with Gasteiger partial charge in [0.15, 0.2) is 0 Å². The molecule has 0 bridgehead atoms. The Morgan fingerprint density at radius 2 is 2.24 bits per heavy atom. The van der Waals surface area contributed by atoms with Gasteiger partial charge in [0.2, 0.25) is 0 Å². The summed E-state index contributed by atoms with van der Waals surface area (Å²) in [5.74, 6) is 0. The van der Waals surface area contributed by atoms with Crippen LogP contribution >= 0.6 is 11.3 Å². The van der Waals surface area contributed by atoms with E-state index < -0.39 is 0 Å². The Bertz CT molecular complexity index is 631. The molecule has 0 aliphatic carbocycles. The Hall–Kier alpha value is -2.32. The van der Waals surface area contributed by atoms with Crippen LogP contribution in [-0.4, -0.2) is 24.5 Å². The topological polar surface area (TPSA) is 56.1 Å². The van der Waals surface area contributed by atoms with Gasteiger partial charge in [0.05, 0.1) is 11.6 Å². The molecule has 0 radical (unpaired) electrons. The van der Waals surface area contributed by atoms with E-state index in [1.54, 1.807) is 35.4 Å². The second-order valence-corrected chi connectivity index (χ2v) is 5.76. The van der Waals surface area contributed by atoms with Crippen LogP contribution in [0.3, 0.4) is 0 Å². The van der Waals surface area contributed by atoms with E-state index >= 15 is 0 Å². The van der Waals surface area contributed by atoms with Crippen molar-refractivity contribution in [3.8, 4) is 6.07 Å². The summed E-state index contributed by atoms with van der Waals surface area (Å²) in [6, 6.07) is 13.4. The van der Waals surface area contributed by atoms with Gasteiger partial charge in [-0.2, -0.15) is 5.26 Å². The van der Waals surface area contributed by atoms with Gasteiger partial charge in [0.25, 0.3) is 0 Å². The normalized spacial score (nSPS) is 9.90. The molecule has 2 amide bonds. The van der Waals surface area contributed by atoms with Gasteiger partial charge < -0.3 is 10.2 Å². The number of carbonyl (C=O) groups excluding carboxylic acids is 1. The molecular weight excluding hydrogens is 282 g/mol. The summed E-state index contributed by atoms with van der Waals surface area (Å²) in [4.78, 5) is 14.9. The van der Waals surface area contributed by atoms with Gasteiger partial charge in [-0.25, -0.2) is 4.79 Å². The lowest BCUT2D eigenvalue weighted by Gasteiger charge is -2.18. The fourth-order valence-corrected chi connectivity index (χ4v) is 2.68. The third kappa shape index (κ3) is 4.62. The maximum absolute atomic E-state index is 12.0. The monoisotopic (exact) mass is 299 g/mol. The molecule has 4 nitrogen and oxygen atoms in total. The first-order valence-corrected chi connectivity index (χ1v) is 7.57. The van der Waals surface area contributed by atoms with E-state index in [1.165, 1.54) is 4.88 Å². The molecule has 21 heavy (non-hydrogen) atoms. The van der Waals surface area contributed by atoms with Gasteiger partial charge in [0.1, 0.15) is 0 Å². The second-order valence-electron chi connectivity index (χ2n) is 4.73. The van der Waals surface area contributed by atoms with Crippen LogP contribution in [0.2, 0.25) is 0 Å². The molecule has 0 fully saturated rings. The van der Waals surface area contributed by atoms with Crippen LogP contribution in [0, 0.1) is 11.3 Å². The fourth-order valence-electron chi connectivity index (χ4n) is 1.97. The number of rotatable bonds is 5. The highest BCUT2D eigenvalue weighted by molar-refractivity contribution is 7.09. The quantitative estimate of drug-likeness (QED) is 0.922. The van der Waals surface area contributed by atoms with Crippen molar-refractivity contribution in [1.29, 1.82) is 5.26 Å². The second kappa shape index (κ2) is 7.46.